The highest BCUT2D eigenvalue weighted by Crippen LogP contribution is 2.20. The van der Waals surface area contributed by atoms with Crippen molar-refractivity contribution in [2.24, 2.45) is 0 Å². The predicted octanol–water partition coefficient (Wildman–Crippen LogP) is 2.95. The monoisotopic (exact) mass is 373 g/mol. The Labute approximate surface area is 131 Å². The SMILES string of the molecule is O=S(=O)(NCCOc1ccc(F)cc1)c1ccccc1Br. The molecule has 1 N–H and O–H groups in total. The van der Waals surface area contributed by atoms with Gasteiger partial charge >= 0.3 is 0 Å². The van der Waals surface area contributed by atoms with Crippen LogP contribution in [-0.4, -0.2) is 21.6 Å². The Kier molecular flexibility index (Phi) is 5.33. The molecule has 0 aliphatic heterocycles. The number of benzene rings is 2. The van der Waals surface area contributed by atoms with Gasteiger partial charge in [0.25, 0.3) is 0 Å². The fourth-order valence-electron chi connectivity index (χ4n) is 1.62. The third-order valence-electron chi connectivity index (χ3n) is 2.60. The zero-order valence-electron chi connectivity index (χ0n) is 10.9. The second-order valence-corrected chi connectivity index (χ2v) is 6.72. The Balaban J connectivity index is 1.88. The number of sulfonamides is 1. The van der Waals surface area contributed by atoms with Crippen molar-refractivity contribution in [1.29, 1.82) is 0 Å². The van der Waals surface area contributed by atoms with Crippen LogP contribution in [0.3, 0.4) is 0 Å². The van der Waals surface area contributed by atoms with Gasteiger partial charge in [-0.25, -0.2) is 17.5 Å². The van der Waals surface area contributed by atoms with Crippen molar-refractivity contribution < 1.29 is 17.5 Å². The minimum Gasteiger partial charge on any atom is -0.492 e. The van der Waals surface area contributed by atoms with E-state index in [0.717, 1.165) is 0 Å². The van der Waals surface area contributed by atoms with E-state index < -0.39 is 10.0 Å². The fraction of sp³-hybridized carbons (Fsp3) is 0.143. The third-order valence-corrected chi connectivity index (χ3v) is 5.08. The van der Waals surface area contributed by atoms with Gasteiger partial charge in [-0.05, 0) is 52.3 Å². The lowest BCUT2D eigenvalue weighted by atomic mass is 10.3. The summed E-state index contributed by atoms with van der Waals surface area (Å²) < 4.78 is 45.1. The Bertz CT molecular complexity index is 704. The van der Waals surface area contributed by atoms with Gasteiger partial charge in [-0.2, -0.15) is 0 Å². The third kappa shape index (κ3) is 4.52. The maximum atomic E-state index is 12.7. The van der Waals surface area contributed by atoms with Gasteiger partial charge in [-0.15, -0.1) is 0 Å². The van der Waals surface area contributed by atoms with Gasteiger partial charge in [-0.3, -0.25) is 0 Å². The fourth-order valence-corrected chi connectivity index (χ4v) is 3.63. The normalized spacial score (nSPS) is 11.3. The molecule has 0 bridgehead atoms. The molecule has 0 unspecified atom stereocenters. The van der Waals surface area contributed by atoms with Crippen LogP contribution in [0.5, 0.6) is 5.75 Å². The molecule has 21 heavy (non-hydrogen) atoms. The van der Waals surface area contributed by atoms with E-state index in [-0.39, 0.29) is 23.9 Å². The number of halogens is 2. The van der Waals surface area contributed by atoms with E-state index in [4.69, 9.17) is 4.74 Å². The van der Waals surface area contributed by atoms with E-state index in [0.29, 0.717) is 10.2 Å². The van der Waals surface area contributed by atoms with Crippen molar-refractivity contribution in [3.05, 3.63) is 58.8 Å². The van der Waals surface area contributed by atoms with Crippen molar-refractivity contribution in [2.75, 3.05) is 13.2 Å². The van der Waals surface area contributed by atoms with Crippen LogP contribution < -0.4 is 9.46 Å². The van der Waals surface area contributed by atoms with Gasteiger partial charge in [0.05, 0.1) is 4.90 Å². The Hall–Kier alpha value is -1.44. The van der Waals surface area contributed by atoms with Crippen LogP contribution in [0.4, 0.5) is 4.39 Å². The molecule has 2 aromatic carbocycles. The first-order valence-electron chi connectivity index (χ1n) is 6.11. The Morgan fingerprint density at radius 1 is 1.10 bits per heavy atom. The molecule has 112 valence electrons. The van der Waals surface area contributed by atoms with Crippen LogP contribution in [-0.2, 0) is 10.0 Å². The molecule has 0 aliphatic rings. The highest BCUT2D eigenvalue weighted by Gasteiger charge is 2.16. The number of rotatable bonds is 6. The van der Waals surface area contributed by atoms with Gasteiger partial charge in [-0.1, -0.05) is 12.1 Å². The molecule has 7 heteroatoms. The van der Waals surface area contributed by atoms with Gasteiger partial charge < -0.3 is 4.74 Å². The van der Waals surface area contributed by atoms with Crippen LogP contribution in [0, 0.1) is 5.82 Å². The molecule has 0 saturated carbocycles. The smallest absolute Gasteiger partial charge is 0.241 e. The summed E-state index contributed by atoms with van der Waals surface area (Å²) in [7, 11) is -3.59. The summed E-state index contributed by atoms with van der Waals surface area (Å²) in [6.07, 6.45) is 0. The van der Waals surface area contributed by atoms with Crippen molar-refractivity contribution >= 4 is 26.0 Å². The van der Waals surface area contributed by atoms with Crippen LogP contribution in [0.25, 0.3) is 0 Å². The van der Waals surface area contributed by atoms with E-state index in [1.54, 1.807) is 18.2 Å². The molecule has 0 fully saturated rings. The first-order chi connectivity index (χ1) is 9.99. The van der Waals surface area contributed by atoms with Crippen molar-refractivity contribution in [3.63, 3.8) is 0 Å². The largest absolute Gasteiger partial charge is 0.492 e. The lowest BCUT2D eigenvalue weighted by Gasteiger charge is -2.09. The molecular weight excluding hydrogens is 361 g/mol. The maximum absolute atomic E-state index is 12.7. The molecule has 2 aromatic rings. The van der Waals surface area contributed by atoms with Crippen LogP contribution in [0.2, 0.25) is 0 Å². The first kappa shape index (κ1) is 15.9. The molecule has 0 heterocycles. The molecule has 0 amide bonds. The molecule has 0 aromatic heterocycles. The van der Waals surface area contributed by atoms with Crippen molar-refractivity contribution in [2.45, 2.75) is 4.90 Å². The van der Waals surface area contributed by atoms with Gasteiger partial charge in [0.1, 0.15) is 18.2 Å². The average Bonchev–Trinajstić information content (AvgIpc) is 2.46. The van der Waals surface area contributed by atoms with E-state index >= 15 is 0 Å². The van der Waals surface area contributed by atoms with E-state index in [1.807, 2.05) is 0 Å². The van der Waals surface area contributed by atoms with Crippen LogP contribution in [0.15, 0.2) is 57.9 Å². The van der Waals surface area contributed by atoms with Gasteiger partial charge in [0, 0.05) is 11.0 Å². The zero-order chi connectivity index (χ0) is 15.3. The summed E-state index contributed by atoms with van der Waals surface area (Å²) in [5.41, 5.74) is 0. The predicted molar refractivity (Wildman–Crippen MR) is 81.2 cm³/mol. The summed E-state index contributed by atoms with van der Waals surface area (Å²) in [4.78, 5) is 0.173. The molecule has 4 nitrogen and oxygen atoms in total. The number of ether oxygens (including phenoxy) is 1. The van der Waals surface area contributed by atoms with Crippen molar-refractivity contribution in [3.8, 4) is 5.75 Å². The van der Waals surface area contributed by atoms with Gasteiger partial charge in [0.15, 0.2) is 0 Å². The summed E-state index contributed by atoms with van der Waals surface area (Å²) in [5.74, 6) is 0.133. The zero-order valence-corrected chi connectivity index (χ0v) is 13.3. The average molecular weight is 374 g/mol. The highest BCUT2D eigenvalue weighted by atomic mass is 79.9. The minimum absolute atomic E-state index is 0.112. The number of hydrogen-bond acceptors (Lipinski definition) is 3. The Morgan fingerprint density at radius 2 is 1.76 bits per heavy atom. The Morgan fingerprint density at radius 3 is 2.43 bits per heavy atom. The maximum Gasteiger partial charge on any atom is 0.241 e. The highest BCUT2D eigenvalue weighted by molar-refractivity contribution is 9.10. The van der Waals surface area contributed by atoms with E-state index in [1.165, 1.54) is 30.3 Å². The molecule has 0 saturated heterocycles. The second kappa shape index (κ2) is 7.02. The first-order valence-corrected chi connectivity index (χ1v) is 8.39. The molecule has 2 rings (SSSR count). The molecule has 0 aliphatic carbocycles. The lowest BCUT2D eigenvalue weighted by Crippen LogP contribution is -2.28. The number of hydrogen-bond donors (Lipinski definition) is 1. The summed E-state index contributed by atoms with van der Waals surface area (Å²) in [6.45, 7) is 0.260. The summed E-state index contributed by atoms with van der Waals surface area (Å²) in [5, 5.41) is 0. The summed E-state index contributed by atoms with van der Waals surface area (Å²) in [6, 6.07) is 12.1. The van der Waals surface area contributed by atoms with Crippen LogP contribution in [0.1, 0.15) is 0 Å². The molecule has 0 spiro atoms. The van der Waals surface area contributed by atoms with Crippen LogP contribution >= 0.6 is 15.9 Å². The number of nitrogens with one attached hydrogen (secondary N) is 1. The molecule has 0 atom stereocenters. The molecular formula is C14H13BrFNO3S. The minimum atomic E-state index is -3.59. The van der Waals surface area contributed by atoms with E-state index in [2.05, 4.69) is 20.7 Å². The summed E-state index contributed by atoms with van der Waals surface area (Å²) >= 11 is 3.20. The topological polar surface area (TPSA) is 55.4 Å². The van der Waals surface area contributed by atoms with Crippen molar-refractivity contribution in [1.82, 2.24) is 4.72 Å². The quantitative estimate of drug-likeness (QED) is 0.792. The molecule has 0 radical (unpaired) electrons. The second-order valence-electron chi connectivity index (χ2n) is 4.13. The lowest BCUT2D eigenvalue weighted by molar-refractivity contribution is 0.322. The van der Waals surface area contributed by atoms with E-state index in [9.17, 15) is 12.8 Å². The van der Waals surface area contributed by atoms with Gasteiger partial charge in [0.2, 0.25) is 10.0 Å². The standard InChI is InChI=1S/C14H13BrFNO3S/c15-13-3-1-2-4-14(13)21(18,19)17-9-10-20-12-7-5-11(16)6-8-12/h1-8,17H,9-10H2.